The van der Waals surface area contributed by atoms with Crippen molar-refractivity contribution in [2.45, 2.75) is 57.3 Å². The quantitative estimate of drug-likeness (QED) is 0.275. The minimum absolute atomic E-state index is 0.0951. The highest BCUT2D eigenvalue weighted by molar-refractivity contribution is 5.66. The molecule has 0 amide bonds. The summed E-state index contributed by atoms with van der Waals surface area (Å²) in [7, 11) is 0. The Morgan fingerprint density at radius 1 is 0.815 bits per heavy atom. The molecule has 0 heterocycles. The highest BCUT2D eigenvalue weighted by Gasteiger charge is 2.10. The number of aliphatic hydroxyl groups is 3. The summed E-state index contributed by atoms with van der Waals surface area (Å²) in [5.41, 5.74) is 0. The summed E-state index contributed by atoms with van der Waals surface area (Å²) in [6.45, 7) is 2.01. The molecule has 0 bridgehead atoms. The summed E-state index contributed by atoms with van der Waals surface area (Å²) < 4.78 is 0. The van der Waals surface area contributed by atoms with E-state index in [9.17, 15) is 20.1 Å². The Balaban J connectivity index is 4.03. The molecule has 0 aliphatic heterocycles. The van der Waals surface area contributed by atoms with E-state index in [1.165, 1.54) is 6.08 Å². The van der Waals surface area contributed by atoms with Gasteiger partial charge in [0.05, 0.1) is 18.3 Å². The predicted molar refractivity (Wildman–Crippen MR) is 109 cm³/mol. The lowest BCUT2D eigenvalue weighted by Crippen LogP contribution is -2.22. The predicted octanol–water partition coefficient (Wildman–Crippen LogP) is 3.46. The van der Waals surface area contributed by atoms with E-state index >= 15 is 0 Å². The van der Waals surface area contributed by atoms with Crippen LogP contribution in [0.2, 0.25) is 0 Å². The SMILES string of the molecule is CC/C=C/CC(O)C(O)/C=C/C=C/C=C/C=C/C(O)C/C=C/CCC(=O)O. The number of carbonyl (C=O) groups is 1. The largest absolute Gasteiger partial charge is 0.481 e. The zero-order chi connectivity index (χ0) is 20.3. The van der Waals surface area contributed by atoms with Gasteiger partial charge in [-0.1, -0.05) is 79.8 Å². The fourth-order valence-electron chi connectivity index (χ4n) is 1.94. The van der Waals surface area contributed by atoms with Crippen molar-refractivity contribution in [1.29, 1.82) is 0 Å². The van der Waals surface area contributed by atoms with Crippen LogP contribution in [0.25, 0.3) is 0 Å². The molecule has 0 spiro atoms. The first kappa shape index (κ1) is 24.8. The lowest BCUT2D eigenvalue weighted by molar-refractivity contribution is -0.136. The molecule has 0 aliphatic carbocycles. The highest BCUT2D eigenvalue weighted by Crippen LogP contribution is 2.03. The van der Waals surface area contributed by atoms with Gasteiger partial charge in [0, 0.05) is 6.42 Å². The minimum Gasteiger partial charge on any atom is -0.481 e. The topological polar surface area (TPSA) is 98.0 Å². The van der Waals surface area contributed by atoms with Crippen LogP contribution in [-0.4, -0.2) is 44.7 Å². The Morgan fingerprint density at radius 3 is 2.04 bits per heavy atom. The van der Waals surface area contributed by atoms with Gasteiger partial charge in [0.2, 0.25) is 0 Å². The minimum atomic E-state index is -0.904. The van der Waals surface area contributed by atoms with E-state index in [-0.39, 0.29) is 6.42 Å². The molecule has 150 valence electrons. The van der Waals surface area contributed by atoms with Gasteiger partial charge in [-0.15, -0.1) is 0 Å². The Kier molecular flexibility index (Phi) is 15.8. The number of hydrogen-bond acceptors (Lipinski definition) is 4. The molecule has 27 heavy (non-hydrogen) atoms. The Labute approximate surface area is 162 Å². The Morgan fingerprint density at radius 2 is 1.41 bits per heavy atom. The third-order valence-electron chi connectivity index (χ3n) is 3.44. The number of allylic oxidation sites excluding steroid dienone is 8. The van der Waals surface area contributed by atoms with E-state index in [1.807, 2.05) is 19.1 Å². The molecule has 5 heteroatoms. The average Bonchev–Trinajstić information content (AvgIpc) is 2.63. The van der Waals surface area contributed by atoms with Gasteiger partial charge in [0.15, 0.2) is 0 Å². The molecule has 0 aromatic heterocycles. The van der Waals surface area contributed by atoms with Crippen LogP contribution in [0.5, 0.6) is 0 Å². The van der Waals surface area contributed by atoms with E-state index in [1.54, 1.807) is 54.7 Å². The lowest BCUT2D eigenvalue weighted by Gasteiger charge is -2.11. The zero-order valence-corrected chi connectivity index (χ0v) is 15.9. The van der Waals surface area contributed by atoms with Crippen LogP contribution in [0, 0.1) is 0 Å². The smallest absolute Gasteiger partial charge is 0.303 e. The number of carboxylic acids is 1. The highest BCUT2D eigenvalue weighted by atomic mass is 16.4. The second kappa shape index (κ2) is 17.2. The summed E-state index contributed by atoms with van der Waals surface area (Å²) in [5.74, 6) is -0.831. The average molecular weight is 376 g/mol. The van der Waals surface area contributed by atoms with Crippen molar-refractivity contribution in [2.75, 3.05) is 0 Å². The first-order valence-electron chi connectivity index (χ1n) is 9.21. The Hall–Kier alpha value is -2.21. The number of aliphatic carboxylic acids is 1. The van der Waals surface area contributed by atoms with Crippen LogP contribution < -0.4 is 0 Å². The summed E-state index contributed by atoms with van der Waals surface area (Å²) >= 11 is 0. The lowest BCUT2D eigenvalue weighted by atomic mass is 10.1. The van der Waals surface area contributed by atoms with E-state index < -0.39 is 24.3 Å². The van der Waals surface area contributed by atoms with E-state index in [0.717, 1.165) is 6.42 Å². The van der Waals surface area contributed by atoms with Crippen molar-refractivity contribution < 1.29 is 25.2 Å². The molecule has 0 aliphatic rings. The molecule has 3 atom stereocenters. The summed E-state index contributed by atoms with van der Waals surface area (Å²) in [6, 6.07) is 0. The van der Waals surface area contributed by atoms with Crippen molar-refractivity contribution in [3.8, 4) is 0 Å². The van der Waals surface area contributed by atoms with Crippen molar-refractivity contribution in [2.24, 2.45) is 0 Å². The summed E-state index contributed by atoms with van der Waals surface area (Å²) in [4.78, 5) is 10.3. The maximum absolute atomic E-state index is 10.3. The van der Waals surface area contributed by atoms with Gasteiger partial charge in [-0.25, -0.2) is 0 Å². The van der Waals surface area contributed by atoms with Crippen molar-refractivity contribution >= 4 is 5.97 Å². The molecule has 0 radical (unpaired) electrons. The number of carboxylic acid groups (broad SMARTS) is 1. The van der Waals surface area contributed by atoms with Gasteiger partial charge in [-0.05, 0) is 25.7 Å². The maximum atomic E-state index is 10.3. The summed E-state index contributed by atoms with van der Waals surface area (Å²) in [5, 5.41) is 37.7. The van der Waals surface area contributed by atoms with Crippen LogP contribution in [0.3, 0.4) is 0 Å². The fourth-order valence-corrected chi connectivity index (χ4v) is 1.94. The molecular weight excluding hydrogens is 344 g/mol. The molecular formula is C22H32O5. The van der Waals surface area contributed by atoms with Gasteiger partial charge in [0.25, 0.3) is 0 Å². The van der Waals surface area contributed by atoms with Crippen LogP contribution in [0.15, 0.2) is 72.9 Å². The number of rotatable bonds is 14. The zero-order valence-electron chi connectivity index (χ0n) is 15.9. The molecule has 0 fully saturated rings. The van der Waals surface area contributed by atoms with Gasteiger partial charge in [-0.2, -0.15) is 0 Å². The van der Waals surface area contributed by atoms with Crippen LogP contribution in [0.4, 0.5) is 0 Å². The van der Waals surface area contributed by atoms with Crippen LogP contribution in [0.1, 0.15) is 39.0 Å². The number of hydrogen-bond donors (Lipinski definition) is 4. The molecule has 4 N–H and O–H groups in total. The van der Waals surface area contributed by atoms with Gasteiger partial charge in [-0.3, -0.25) is 4.79 Å². The molecule has 0 saturated carbocycles. The van der Waals surface area contributed by atoms with Crippen molar-refractivity contribution in [3.05, 3.63) is 72.9 Å². The third-order valence-corrected chi connectivity index (χ3v) is 3.44. The Bertz CT molecular complexity index is 555. The van der Waals surface area contributed by atoms with E-state index in [4.69, 9.17) is 5.11 Å². The second-order valence-electron chi connectivity index (χ2n) is 5.92. The molecule has 0 aromatic carbocycles. The van der Waals surface area contributed by atoms with Crippen molar-refractivity contribution in [1.82, 2.24) is 0 Å². The second-order valence-corrected chi connectivity index (χ2v) is 5.92. The molecule has 0 rings (SSSR count). The normalized spacial score (nSPS) is 16.6. The third kappa shape index (κ3) is 17.0. The van der Waals surface area contributed by atoms with Gasteiger partial charge < -0.3 is 20.4 Å². The molecule has 5 nitrogen and oxygen atoms in total. The van der Waals surface area contributed by atoms with Crippen molar-refractivity contribution in [3.63, 3.8) is 0 Å². The van der Waals surface area contributed by atoms with Gasteiger partial charge >= 0.3 is 5.97 Å². The number of aliphatic hydroxyl groups excluding tert-OH is 3. The first-order valence-corrected chi connectivity index (χ1v) is 9.21. The maximum Gasteiger partial charge on any atom is 0.303 e. The molecule has 0 saturated heterocycles. The first-order chi connectivity index (χ1) is 13.0. The van der Waals surface area contributed by atoms with Crippen LogP contribution in [-0.2, 0) is 4.79 Å². The molecule has 3 unspecified atom stereocenters. The van der Waals surface area contributed by atoms with Gasteiger partial charge in [0.1, 0.15) is 0 Å². The van der Waals surface area contributed by atoms with E-state index in [0.29, 0.717) is 19.3 Å². The summed E-state index contributed by atoms with van der Waals surface area (Å²) in [6.07, 6.45) is 21.0. The fraction of sp³-hybridized carbons (Fsp3) is 0.409. The van der Waals surface area contributed by atoms with Crippen LogP contribution >= 0.6 is 0 Å². The monoisotopic (exact) mass is 376 g/mol. The van der Waals surface area contributed by atoms with E-state index in [2.05, 4.69) is 0 Å². The standard InChI is InChI=1S/C22H32O5/c1-2-3-9-16-20(24)21(25)17-12-7-5-4-6-10-14-19(23)15-11-8-13-18-22(26)27/h3-12,14,17,19-21,23-25H,2,13,15-16,18H2,1H3,(H,26,27)/b6-4+,7-5+,9-3+,11-8+,14-10+,17-12+. The molecule has 0 aromatic rings.